The number of likely N-dealkylation sites (tertiary alicyclic amines) is 1. The number of carbonyl (C=O) groups excluding carboxylic acids is 1. The van der Waals surface area contributed by atoms with Crippen LogP contribution in [0.5, 0.6) is 0 Å². The molecule has 1 unspecified atom stereocenters. The van der Waals surface area contributed by atoms with E-state index in [4.69, 9.17) is 0 Å². The molecule has 1 aromatic heterocycles. The van der Waals surface area contributed by atoms with E-state index >= 15 is 0 Å². The van der Waals surface area contributed by atoms with Crippen molar-refractivity contribution in [3.8, 4) is 11.4 Å². The molecule has 0 radical (unpaired) electrons. The maximum Gasteiger partial charge on any atom is 0.318 e. The summed E-state index contributed by atoms with van der Waals surface area (Å²) in [4.78, 5) is 19.4. The maximum atomic E-state index is 12.9. The van der Waals surface area contributed by atoms with E-state index in [1.807, 2.05) is 35.2 Å². The van der Waals surface area contributed by atoms with Crippen LogP contribution in [-0.4, -0.2) is 70.3 Å². The number of sulfonamides is 1. The maximum absolute atomic E-state index is 12.9. The Morgan fingerprint density at radius 3 is 2.60 bits per heavy atom. The lowest BCUT2D eigenvalue weighted by atomic mass is 10.1. The molecule has 30 heavy (non-hydrogen) atoms. The zero-order valence-corrected chi connectivity index (χ0v) is 17.9. The largest absolute Gasteiger partial charge is 0.335 e. The Hall–Kier alpha value is -2.46. The van der Waals surface area contributed by atoms with Gasteiger partial charge >= 0.3 is 6.03 Å². The highest BCUT2D eigenvalue weighted by Crippen LogP contribution is 2.31. The second-order valence-corrected chi connectivity index (χ2v) is 10.0. The highest BCUT2D eigenvalue weighted by Gasteiger charge is 2.34. The van der Waals surface area contributed by atoms with Crippen LogP contribution in [0.2, 0.25) is 0 Å². The zero-order chi connectivity index (χ0) is 21.1. The number of benzene rings is 1. The summed E-state index contributed by atoms with van der Waals surface area (Å²) in [6.07, 6.45) is 3.00. The smallest absolute Gasteiger partial charge is 0.318 e. The minimum absolute atomic E-state index is 0.0170. The van der Waals surface area contributed by atoms with Crippen molar-refractivity contribution >= 4 is 16.1 Å². The van der Waals surface area contributed by atoms with Gasteiger partial charge in [0.05, 0.1) is 11.8 Å². The normalized spacial score (nSPS) is 21.1. The van der Waals surface area contributed by atoms with Crippen molar-refractivity contribution in [2.75, 3.05) is 25.4 Å². The van der Waals surface area contributed by atoms with E-state index in [0.29, 0.717) is 44.1 Å². The van der Waals surface area contributed by atoms with Crippen LogP contribution in [0.25, 0.3) is 11.4 Å². The van der Waals surface area contributed by atoms with Crippen LogP contribution in [0.15, 0.2) is 30.3 Å². The van der Waals surface area contributed by atoms with Gasteiger partial charge in [-0.05, 0) is 32.6 Å². The molecule has 2 aliphatic rings. The molecule has 2 aliphatic heterocycles. The Morgan fingerprint density at radius 1 is 1.17 bits per heavy atom. The van der Waals surface area contributed by atoms with Crippen LogP contribution < -0.4 is 5.32 Å². The first-order valence-corrected chi connectivity index (χ1v) is 12.1. The number of piperidine rings is 1. The quantitative estimate of drug-likeness (QED) is 0.752. The highest BCUT2D eigenvalue weighted by molar-refractivity contribution is 7.89. The second-order valence-electron chi connectivity index (χ2n) is 7.79. The van der Waals surface area contributed by atoms with Crippen LogP contribution in [0, 0.1) is 0 Å². The Bertz CT molecular complexity index is 969. The molecule has 0 bridgehead atoms. The van der Waals surface area contributed by atoms with Gasteiger partial charge in [-0.2, -0.15) is 5.10 Å². The van der Waals surface area contributed by atoms with E-state index in [1.165, 1.54) is 4.31 Å². The molecule has 0 spiro atoms. The summed E-state index contributed by atoms with van der Waals surface area (Å²) in [7, 11) is -3.16. The van der Waals surface area contributed by atoms with E-state index in [0.717, 1.165) is 18.4 Å². The number of hydrogen-bond donors (Lipinski definition) is 2. The summed E-state index contributed by atoms with van der Waals surface area (Å²) >= 11 is 0. The lowest BCUT2D eigenvalue weighted by Crippen LogP contribution is -2.50. The van der Waals surface area contributed by atoms with Crippen LogP contribution in [0.4, 0.5) is 4.79 Å². The van der Waals surface area contributed by atoms with Gasteiger partial charge in [0.25, 0.3) is 0 Å². The molecular weight excluding hydrogens is 404 g/mol. The van der Waals surface area contributed by atoms with Crippen LogP contribution in [0.1, 0.15) is 44.5 Å². The van der Waals surface area contributed by atoms with Gasteiger partial charge in [-0.15, -0.1) is 0 Å². The van der Waals surface area contributed by atoms with Crippen LogP contribution in [0.3, 0.4) is 0 Å². The van der Waals surface area contributed by atoms with Crippen LogP contribution >= 0.6 is 0 Å². The number of aromatic amines is 1. The molecule has 3 heterocycles. The second kappa shape index (κ2) is 8.73. The Labute approximate surface area is 176 Å². The number of urea groups is 1. The summed E-state index contributed by atoms with van der Waals surface area (Å²) in [5.74, 6) is 1.44. The number of amides is 2. The molecule has 2 saturated heterocycles. The predicted octanol–water partition coefficient (Wildman–Crippen LogP) is 2.13. The van der Waals surface area contributed by atoms with Crippen molar-refractivity contribution in [2.45, 2.75) is 44.7 Å². The van der Waals surface area contributed by atoms with Gasteiger partial charge in [-0.25, -0.2) is 22.5 Å². The average molecular weight is 433 g/mol. The summed E-state index contributed by atoms with van der Waals surface area (Å²) < 4.78 is 25.5. The fourth-order valence-corrected chi connectivity index (χ4v) is 5.28. The first-order valence-electron chi connectivity index (χ1n) is 10.5. The topological polar surface area (TPSA) is 111 Å². The Morgan fingerprint density at radius 2 is 1.90 bits per heavy atom. The fourth-order valence-electron chi connectivity index (χ4n) is 4.15. The van der Waals surface area contributed by atoms with Gasteiger partial charge in [0.2, 0.25) is 10.0 Å². The van der Waals surface area contributed by atoms with Crippen molar-refractivity contribution in [2.24, 2.45) is 0 Å². The zero-order valence-electron chi connectivity index (χ0n) is 17.1. The molecule has 0 aliphatic carbocycles. The molecule has 1 aromatic carbocycles. The summed E-state index contributed by atoms with van der Waals surface area (Å²) in [6, 6.07) is 9.48. The standard InChI is InChI=1S/C20H28N6O3S/c1-2-30(28,29)25-13-10-16(11-14-25)21-20(27)26-12-6-9-17(26)19-22-18(23-24-19)15-7-4-3-5-8-15/h3-5,7-8,16-17H,2,6,9-14H2,1H3,(H,21,27)(H,22,23,24). The molecular formula is C20H28N6O3S. The number of H-pyrrole nitrogens is 1. The van der Waals surface area contributed by atoms with Gasteiger partial charge in [-0.1, -0.05) is 30.3 Å². The molecule has 0 saturated carbocycles. The van der Waals surface area contributed by atoms with E-state index in [2.05, 4.69) is 20.5 Å². The summed E-state index contributed by atoms with van der Waals surface area (Å²) in [5, 5.41) is 10.4. The van der Waals surface area contributed by atoms with E-state index in [9.17, 15) is 13.2 Å². The minimum Gasteiger partial charge on any atom is -0.335 e. The van der Waals surface area contributed by atoms with E-state index in [-0.39, 0.29) is 23.9 Å². The SMILES string of the molecule is CCS(=O)(=O)N1CCC(NC(=O)N2CCCC2c2nc(-c3ccccc3)n[nH]2)CC1. The number of nitrogens with zero attached hydrogens (tertiary/aromatic N) is 4. The minimum atomic E-state index is -3.16. The van der Waals surface area contributed by atoms with Crippen molar-refractivity contribution in [1.82, 2.24) is 29.7 Å². The number of aromatic nitrogens is 3. The first-order chi connectivity index (χ1) is 14.5. The van der Waals surface area contributed by atoms with Gasteiger partial charge in [-0.3, -0.25) is 5.10 Å². The van der Waals surface area contributed by atoms with Crippen molar-refractivity contribution in [3.63, 3.8) is 0 Å². The van der Waals surface area contributed by atoms with Crippen molar-refractivity contribution < 1.29 is 13.2 Å². The lowest BCUT2D eigenvalue weighted by molar-refractivity contribution is 0.181. The molecule has 162 valence electrons. The third kappa shape index (κ3) is 4.34. The number of rotatable bonds is 5. The number of nitrogens with one attached hydrogen (secondary N) is 2. The predicted molar refractivity (Wildman–Crippen MR) is 113 cm³/mol. The molecule has 10 heteroatoms. The first kappa shape index (κ1) is 20.8. The molecule has 2 amide bonds. The van der Waals surface area contributed by atoms with E-state index < -0.39 is 10.0 Å². The number of carbonyl (C=O) groups is 1. The van der Waals surface area contributed by atoms with Gasteiger partial charge in [0, 0.05) is 31.2 Å². The van der Waals surface area contributed by atoms with Crippen molar-refractivity contribution in [3.05, 3.63) is 36.2 Å². The molecule has 1 atom stereocenters. The fraction of sp³-hybridized carbons (Fsp3) is 0.550. The lowest BCUT2D eigenvalue weighted by Gasteiger charge is -2.33. The third-order valence-electron chi connectivity index (χ3n) is 5.90. The summed E-state index contributed by atoms with van der Waals surface area (Å²) in [6.45, 7) is 3.23. The molecule has 4 rings (SSSR count). The Kier molecular flexibility index (Phi) is 6.05. The summed E-state index contributed by atoms with van der Waals surface area (Å²) in [5.41, 5.74) is 0.933. The average Bonchev–Trinajstić information content (AvgIpc) is 3.44. The number of hydrogen-bond acceptors (Lipinski definition) is 5. The van der Waals surface area contributed by atoms with E-state index in [1.54, 1.807) is 6.92 Å². The third-order valence-corrected chi connectivity index (χ3v) is 7.79. The molecule has 2 fully saturated rings. The highest BCUT2D eigenvalue weighted by atomic mass is 32.2. The Balaban J connectivity index is 1.37. The van der Waals surface area contributed by atoms with Crippen LogP contribution in [-0.2, 0) is 10.0 Å². The molecule has 9 nitrogen and oxygen atoms in total. The molecule has 2 N–H and O–H groups in total. The van der Waals surface area contributed by atoms with Gasteiger partial charge in [0.15, 0.2) is 5.82 Å². The van der Waals surface area contributed by atoms with Gasteiger partial charge < -0.3 is 10.2 Å². The van der Waals surface area contributed by atoms with Crippen molar-refractivity contribution in [1.29, 1.82) is 0 Å². The monoisotopic (exact) mass is 432 g/mol. The molecule has 2 aromatic rings. The van der Waals surface area contributed by atoms with Gasteiger partial charge in [0.1, 0.15) is 5.82 Å².